The second-order valence-corrected chi connectivity index (χ2v) is 7.77. The van der Waals surface area contributed by atoms with Crippen molar-refractivity contribution in [2.45, 2.75) is 6.92 Å². The summed E-state index contributed by atoms with van der Waals surface area (Å²) in [6.07, 6.45) is 0. The van der Waals surface area contributed by atoms with Gasteiger partial charge in [0.05, 0.1) is 10.6 Å². The number of carbonyl (C=O) groups excluding carboxylic acids is 1. The van der Waals surface area contributed by atoms with E-state index < -0.39 is 5.63 Å². The van der Waals surface area contributed by atoms with E-state index in [4.69, 9.17) is 32.4 Å². The molecular weight excluding hydrogens is 437 g/mol. The third-order valence-corrected chi connectivity index (χ3v) is 5.22. The number of fused-ring (bicyclic) bond motifs is 1. The highest BCUT2D eigenvalue weighted by atomic mass is 35.5. The molecule has 1 N–H and O–H groups in total. The van der Waals surface area contributed by atoms with Crippen LogP contribution in [-0.2, 0) is 4.79 Å². The Bertz CT molecular complexity index is 1350. The Morgan fingerprint density at radius 1 is 1.00 bits per heavy atom. The molecule has 0 spiro atoms. The van der Waals surface area contributed by atoms with Crippen molar-refractivity contribution in [3.8, 4) is 16.9 Å². The van der Waals surface area contributed by atoms with E-state index in [1.54, 1.807) is 42.5 Å². The Hall–Kier alpha value is -3.28. The summed E-state index contributed by atoms with van der Waals surface area (Å²) in [5.41, 5.74) is 2.74. The van der Waals surface area contributed by atoms with Crippen LogP contribution in [0.4, 0.5) is 5.69 Å². The highest BCUT2D eigenvalue weighted by Gasteiger charge is 2.12. The number of hydrogen-bond acceptors (Lipinski definition) is 4. The molecule has 0 bridgehead atoms. The minimum absolute atomic E-state index is 0.212. The molecule has 4 aromatic rings. The number of ether oxygens (including phenoxy) is 1. The molecule has 156 valence electrons. The van der Waals surface area contributed by atoms with E-state index in [2.05, 4.69) is 5.32 Å². The van der Waals surface area contributed by atoms with Gasteiger partial charge in [-0.2, -0.15) is 0 Å². The highest BCUT2D eigenvalue weighted by molar-refractivity contribution is 6.35. The lowest BCUT2D eigenvalue weighted by molar-refractivity contribution is -0.118. The molecule has 0 aliphatic heterocycles. The number of amides is 1. The summed E-state index contributed by atoms with van der Waals surface area (Å²) in [4.78, 5) is 24.7. The number of para-hydroxylation sites is 1. The van der Waals surface area contributed by atoms with Crippen LogP contribution in [0, 0.1) is 6.92 Å². The fourth-order valence-corrected chi connectivity index (χ4v) is 3.69. The maximum absolute atomic E-state index is 12.4. The second-order valence-electron chi connectivity index (χ2n) is 6.93. The molecule has 31 heavy (non-hydrogen) atoms. The van der Waals surface area contributed by atoms with E-state index in [0.29, 0.717) is 32.6 Å². The highest BCUT2D eigenvalue weighted by Crippen LogP contribution is 2.28. The SMILES string of the molecule is Cc1cc(NC(=O)COc2ccc(Cl)cc2Cl)ccc1-c1cc2ccccc2oc1=O. The molecule has 4 rings (SSSR count). The number of halogens is 2. The van der Waals surface area contributed by atoms with E-state index in [0.717, 1.165) is 16.5 Å². The van der Waals surface area contributed by atoms with Crippen LogP contribution in [0.25, 0.3) is 22.1 Å². The van der Waals surface area contributed by atoms with Crippen molar-refractivity contribution in [2.75, 3.05) is 11.9 Å². The van der Waals surface area contributed by atoms with Crippen LogP contribution in [0.5, 0.6) is 5.75 Å². The summed E-state index contributed by atoms with van der Waals surface area (Å²) in [5.74, 6) is 0.0270. The van der Waals surface area contributed by atoms with Crippen molar-refractivity contribution >= 4 is 45.8 Å². The van der Waals surface area contributed by atoms with E-state index in [9.17, 15) is 9.59 Å². The number of anilines is 1. The van der Waals surface area contributed by atoms with Gasteiger partial charge >= 0.3 is 5.63 Å². The molecule has 1 amide bonds. The van der Waals surface area contributed by atoms with Crippen LogP contribution in [-0.4, -0.2) is 12.5 Å². The number of nitrogens with one attached hydrogen (secondary N) is 1. The lowest BCUT2D eigenvalue weighted by atomic mass is 10.0. The van der Waals surface area contributed by atoms with E-state index in [1.807, 2.05) is 31.2 Å². The molecule has 1 aromatic heterocycles. The second kappa shape index (κ2) is 8.84. The van der Waals surface area contributed by atoms with E-state index in [-0.39, 0.29) is 12.5 Å². The number of aryl methyl sites for hydroxylation is 1. The quantitative estimate of drug-likeness (QED) is 0.371. The van der Waals surface area contributed by atoms with Crippen LogP contribution in [0.2, 0.25) is 10.0 Å². The number of rotatable bonds is 5. The number of carbonyl (C=O) groups is 1. The van der Waals surface area contributed by atoms with Crippen molar-refractivity contribution in [3.05, 3.63) is 92.8 Å². The fraction of sp³-hybridized carbons (Fsp3) is 0.0833. The zero-order chi connectivity index (χ0) is 22.0. The molecule has 0 radical (unpaired) electrons. The maximum Gasteiger partial charge on any atom is 0.344 e. The smallest absolute Gasteiger partial charge is 0.344 e. The Balaban J connectivity index is 1.49. The number of benzene rings is 3. The zero-order valence-corrected chi connectivity index (χ0v) is 18.0. The van der Waals surface area contributed by atoms with Gasteiger partial charge in [-0.25, -0.2) is 4.79 Å². The molecule has 0 aliphatic carbocycles. The van der Waals surface area contributed by atoms with Gasteiger partial charge in [0.25, 0.3) is 5.91 Å². The first-order valence-corrected chi connectivity index (χ1v) is 10.2. The Morgan fingerprint density at radius 3 is 2.58 bits per heavy atom. The van der Waals surface area contributed by atoms with Crippen molar-refractivity contribution in [2.24, 2.45) is 0 Å². The molecule has 7 heteroatoms. The summed E-state index contributed by atoms with van der Waals surface area (Å²) in [5, 5.41) is 4.42. The van der Waals surface area contributed by atoms with Gasteiger partial charge in [0.15, 0.2) is 6.61 Å². The molecule has 0 fully saturated rings. The summed E-state index contributed by atoms with van der Waals surface area (Å²) in [6, 6.07) is 19.2. The lowest BCUT2D eigenvalue weighted by Crippen LogP contribution is -2.20. The Kier molecular flexibility index (Phi) is 5.98. The van der Waals surface area contributed by atoms with Crippen molar-refractivity contribution < 1.29 is 13.9 Å². The average molecular weight is 454 g/mol. The van der Waals surface area contributed by atoms with Crippen molar-refractivity contribution in [1.29, 1.82) is 0 Å². The normalized spacial score (nSPS) is 10.8. The van der Waals surface area contributed by atoms with Gasteiger partial charge in [-0.3, -0.25) is 4.79 Å². The summed E-state index contributed by atoms with van der Waals surface area (Å²) in [6.45, 7) is 1.65. The van der Waals surface area contributed by atoms with Crippen LogP contribution >= 0.6 is 23.2 Å². The van der Waals surface area contributed by atoms with E-state index >= 15 is 0 Å². The first-order chi connectivity index (χ1) is 14.9. The molecule has 1 heterocycles. The predicted molar refractivity (Wildman–Crippen MR) is 123 cm³/mol. The van der Waals surface area contributed by atoms with Gasteiger partial charge < -0.3 is 14.5 Å². The Labute approximate surface area is 188 Å². The van der Waals surface area contributed by atoms with Crippen LogP contribution in [0.3, 0.4) is 0 Å². The van der Waals surface area contributed by atoms with Gasteiger partial charge in [0.1, 0.15) is 11.3 Å². The summed E-state index contributed by atoms with van der Waals surface area (Å²) < 4.78 is 10.9. The monoisotopic (exact) mass is 453 g/mol. The van der Waals surface area contributed by atoms with Crippen molar-refractivity contribution in [3.63, 3.8) is 0 Å². The van der Waals surface area contributed by atoms with Gasteiger partial charge in [-0.05, 0) is 60.5 Å². The minimum atomic E-state index is -0.410. The molecule has 0 unspecified atom stereocenters. The van der Waals surface area contributed by atoms with E-state index in [1.165, 1.54) is 0 Å². The van der Waals surface area contributed by atoms with Crippen LogP contribution < -0.4 is 15.7 Å². The molecular formula is C24H17Cl2NO4. The summed E-state index contributed by atoms with van der Waals surface area (Å²) >= 11 is 11.9. The largest absolute Gasteiger partial charge is 0.482 e. The third-order valence-electron chi connectivity index (χ3n) is 4.69. The van der Waals surface area contributed by atoms with Gasteiger partial charge in [-0.15, -0.1) is 0 Å². The standard InChI is InChI=1S/C24H17Cl2NO4/c1-14-10-17(27-23(28)13-30-22-9-6-16(25)12-20(22)26)7-8-18(14)19-11-15-4-2-3-5-21(15)31-24(19)29/h2-12H,13H2,1H3,(H,27,28). The minimum Gasteiger partial charge on any atom is -0.482 e. The van der Waals surface area contributed by atoms with Gasteiger partial charge in [0, 0.05) is 16.1 Å². The zero-order valence-electron chi connectivity index (χ0n) is 16.4. The molecule has 3 aromatic carbocycles. The summed E-state index contributed by atoms with van der Waals surface area (Å²) in [7, 11) is 0. The molecule has 0 aliphatic rings. The van der Waals surface area contributed by atoms with Crippen molar-refractivity contribution in [1.82, 2.24) is 0 Å². The van der Waals surface area contributed by atoms with Gasteiger partial charge in [-0.1, -0.05) is 47.5 Å². The number of hydrogen-bond donors (Lipinski definition) is 1. The Morgan fingerprint density at radius 2 is 1.81 bits per heavy atom. The van der Waals surface area contributed by atoms with Crippen LogP contribution in [0.15, 0.2) is 75.9 Å². The third kappa shape index (κ3) is 4.74. The maximum atomic E-state index is 12.4. The molecule has 5 nitrogen and oxygen atoms in total. The van der Waals surface area contributed by atoms with Gasteiger partial charge in [0.2, 0.25) is 0 Å². The average Bonchev–Trinajstić information content (AvgIpc) is 2.73. The predicted octanol–water partition coefficient (Wildman–Crippen LogP) is 6.09. The molecule has 0 saturated heterocycles. The first kappa shape index (κ1) is 21.0. The lowest BCUT2D eigenvalue weighted by Gasteiger charge is -2.11. The van der Waals surface area contributed by atoms with Crippen LogP contribution in [0.1, 0.15) is 5.56 Å². The fourth-order valence-electron chi connectivity index (χ4n) is 3.23. The topological polar surface area (TPSA) is 68.5 Å². The first-order valence-electron chi connectivity index (χ1n) is 9.42. The molecule has 0 saturated carbocycles. The molecule has 0 atom stereocenters.